The van der Waals surface area contributed by atoms with Crippen LogP contribution < -0.4 is 4.72 Å². The molecule has 1 N–H and O–H groups in total. The minimum atomic E-state index is -3.64. The molecular formula is C19H25N3O3S. The smallest absolute Gasteiger partial charge is 0.241 e. The van der Waals surface area contributed by atoms with E-state index in [4.69, 9.17) is 4.52 Å². The monoisotopic (exact) mass is 375 g/mol. The number of sulfonamides is 1. The molecule has 1 aromatic carbocycles. The quantitative estimate of drug-likeness (QED) is 0.859. The average Bonchev–Trinajstić information content (AvgIpc) is 3.06. The van der Waals surface area contributed by atoms with Gasteiger partial charge in [-0.2, -0.15) is 9.71 Å². The Morgan fingerprint density at radius 1 is 1.08 bits per heavy atom. The zero-order valence-electron chi connectivity index (χ0n) is 15.1. The summed E-state index contributed by atoms with van der Waals surface area (Å²) >= 11 is 0. The van der Waals surface area contributed by atoms with E-state index in [0.29, 0.717) is 35.4 Å². The van der Waals surface area contributed by atoms with E-state index >= 15 is 0 Å². The van der Waals surface area contributed by atoms with Gasteiger partial charge in [0.15, 0.2) is 5.82 Å². The third-order valence-electron chi connectivity index (χ3n) is 5.76. The van der Waals surface area contributed by atoms with E-state index < -0.39 is 15.6 Å². The second-order valence-corrected chi connectivity index (χ2v) is 9.26. The summed E-state index contributed by atoms with van der Waals surface area (Å²) in [5.41, 5.74) is 0.509. The van der Waals surface area contributed by atoms with Crippen LogP contribution in [0, 0.1) is 6.92 Å². The summed E-state index contributed by atoms with van der Waals surface area (Å²) in [6, 6.07) is 7.38. The fourth-order valence-electron chi connectivity index (χ4n) is 4.07. The number of aryl methyl sites for hydroxylation is 1. The second-order valence-electron chi connectivity index (χ2n) is 7.58. The van der Waals surface area contributed by atoms with Gasteiger partial charge in [0.25, 0.3) is 0 Å². The number of rotatable bonds is 5. The van der Waals surface area contributed by atoms with Gasteiger partial charge >= 0.3 is 0 Å². The van der Waals surface area contributed by atoms with Crippen molar-refractivity contribution in [1.29, 1.82) is 0 Å². The van der Waals surface area contributed by atoms with Crippen LogP contribution in [0.3, 0.4) is 0 Å². The number of aromatic nitrogens is 2. The maximum Gasteiger partial charge on any atom is 0.241 e. The molecule has 0 saturated heterocycles. The molecule has 1 aromatic heterocycles. The van der Waals surface area contributed by atoms with Crippen molar-refractivity contribution in [2.24, 2.45) is 0 Å². The number of nitrogens with one attached hydrogen (secondary N) is 1. The molecule has 140 valence electrons. The third-order valence-corrected chi connectivity index (χ3v) is 7.31. The minimum absolute atomic E-state index is 0.295. The molecule has 7 heteroatoms. The van der Waals surface area contributed by atoms with Crippen LogP contribution in [0.1, 0.15) is 74.6 Å². The highest BCUT2D eigenvalue weighted by molar-refractivity contribution is 7.89. The maximum absolute atomic E-state index is 12.9. The Kier molecular flexibility index (Phi) is 4.61. The van der Waals surface area contributed by atoms with Crippen LogP contribution in [-0.4, -0.2) is 18.6 Å². The van der Waals surface area contributed by atoms with Crippen LogP contribution in [0.2, 0.25) is 0 Å². The largest absolute Gasteiger partial charge is 0.340 e. The molecule has 26 heavy (non-hydrogen) atoms. The van der Waals surface area contributed by atoms with Gasteiger partial charge in [0.2, 0.25) is 15.9 Å². The lowest BCUT2D eigenvalue weighted by molar-refractivity contribution is 0.203. The lowest BCUT2D eigenvalue weighted by Gasteiger charge is -2.39. The molecular weight excluding hydrogens is 350 g/mol. The summed E-state index contributed by atoms with van der Waals surface area (Å²) in [6.07, 6.45) is 8.55. The summed E-state index contributed by atoms with van der Waals surface area (Å²) in [7, 11) is -3.64. The Labute approximate surface area is 154 Å². The minimum Gasteiger partial charge on any atom is -0.340 e. The van der Waals surface area contributed by atoms with Crippen LogP contribution in [0.5, 0.6) is 0 Å². The summed E-state index contributed by atoms with van der Waals surface area (Å²) < 4.78 is 33.7. The normalized spacial score (nSPS) is 20.7. The van der Waals surface area contributed by atoms with Crippen molar-refractivity contribution in [3.63, 3.8) is 0 Å². The van der Waals surface area contributed by atoms with Crippen molar-refractivity contribution < 1.29 is 12.9 Å². The number of hydrogen-bond donors (Lipinski definition) is 1. The van der Waals surface area contributed by atoms with E-state index in [0.717, 1.165) is 6.42 Å². The fourth-order valence-corrected chi connectivity index (χ4v) is 5.49. The van der Waals surface area contributed by atoms with E-state index in [1.54, 1.807) is 19.1 Å². The molecule has 4 rings (SSSR count). The number of hydrogen-bond acceptors (Lipinski definition) is 5. The fraction of sp³-hybridized carbons (Fsp3) is 0.579. The molecule has 0 aliphatic heterocycles. The van der Waals surface area contributed by atoms with Gasteiger partial charge in [0, 0.05) is 6.92 Å². The molecule has 0 radical (unpaired) electrons. The first-order chi connectivity index (χ1) is 12.5. The zero-order valence-corrected chi connectivity index (χ0v) is 15.9. The van der Waals surface area contributed by atoms with Gasteiger partial charge in [0.1, 0.15) is 0 Å². The Bertz CT molecular complexity index is 864. The van der Waals surface area contributed by atoms with Crippen molar-refractivity contribution in [3.05, 3.63) is 41.5 Å². The van der Waals surface area contributed by atoms with Gasteiger partial charge in [-0.15, -0.1) is 0 Å². The molecule has 2 saturated carbocycles. The van der Waals surface area contributed by atoms with Crippen LogP contribution in [0.25, 0.3) is 0 Å². The summed E-state index contributed by atoms with van der Waals surface area (Å²) in [5, 5.41) is 3.95. The first kappa shape index (κ1) is 17.7. The van der Waals surface area contributed by atoms with Crippen molar-refractivity contribution in [3.8, 4) is 0 Å². The van der Waals surface area contributed by atoms with E-state index in [1.807, 2.05) is 12.1 Å². The molecule has 1 heterocycles. The first-order valence-corrected chi connectivity index (χ1v) is 10.9. The predicted octanol–water partition coefficient (Wildman–Crippen LogP) is 3.78. The molecule has 2 aromatic rings. The predicted molar refractivity (Wildman–Crippen MR) is 97.2 cm³/mol. The van der Waals surface area contributed by atoms with Crippen LogP contribution in [0.4, 0.5) is 0 Å². The Hall–Kier alpha value is -1.73. The van der Waals surface area contributed by atoms with E-state index in [-0.39, 0.29) is 0 Å². The van der Waals surface area contributed by atoms with Crippen LogP contribution >= 0.6 is 0 Å². The Balaban J connectivity index is 1.54. The molecule has 2 fully saturated rings. The maximum atomic E-state index is 12.9. The summed E-state index contributed by atoms with van der Waals surface area (Å²) in [5.74, 6) is 1.44. The highest BCUT2D eigenvalue weighted by Crippen LogP contribution is 2.41. The van der Waals surface area contributed by atoms with E-state index in [2.05, 4.69) is 14.9 Å². The van der Waals surface area contributed by atoms with Crippen molar-refractivity contribution in [1.82, 2.24) is 14.9 Å². The Morgan fingerprint density at radius 2 is 1.77 bits per heavy atom. The molecule has 6 nitrogen and oxygen atoms in total. The SMILES string of the molecule is Cc1nc(C2(NS(=O)(=O)c3ccc(C4CCCCC4)cc3)CCC2)no1. The summed E-state index contributed by atoms with van der Waals surface area (Å²) in [6.45, 7) is 1.71. The van der Waals surface area contributed by atoms with E-state index in [1.165, 1.54) is 37.7 Å². The Morgan fingerprint density at radius 3 is 2.31 bits per heavy atom. The summed E-state index contributed by atoms with van der Waals surface area (Å²) in [4.78, 5) is 4.55. The molecule has 2 aliphatic carbocycles. The first-order valence-electron chi connectivity index (χ1n) is 9.43. The lowest BCUT2D eigenvalue weighted by Crippen LogP contribution is -2.51. The van der Waals surface area contributed by atoms with E-state index in [9.17, 15) is 8.42 Å². The van der Waals surface area contributed by atoms with Gasteiger partial charge in [-0.25, -0.2) is 8.42 Å². The number of benzene rings is 1. The van der Waals surface area contributed by atoms with Gasteiger partial charge in [0.05, 0.1) is 10.4 Å². The number of nitrogens with zero attached hydrogens (tertiary/aromatic N) is 2. The molecule has 2 aliphatic rings. The second kappa shape index (κ2) is 6.78. The molecule has 0 atom stereocenters. The van der Waals surface area contributed by atoms with Gasteiger partial charge in [-0.05, 0) is 55.7 Å². The third kappa shape index (κ3) is 3.30. The van der Waals surface area contributed by atoms with Crippen molar-refractivity contribution in [2.75, 3.05) is 0 Å². The van der Waals surface area contributed by atoms with Crippen molar-refractivity contribution in [2.45, 2.75) is 74.6 Å². The standard InChI is InChI=1S/C19H25N3O3S/c1-14-20-18(21-25-14)19(12-5-13-19)22-26(23,24)17-10-8-16(9-11-17)15-6-3-2-4-7-15/h8-11,15,22H,2-7,12-13H2,1H3. The van der Waals surface area contributed by atoms with Gasteiger partial charge < -0.3 is 4.52 Å². The molecule has 0 spiro atoms. The van der Waals surface area contributed by atoms with Crippen LogP contribution in [0.15, 0.2) is 33.7 Å². The zero-order chi connectivity index (χ0) is 18.2. The van der Waals surface area contributed by atoms with Crippen molar-refractivity contribution >= 4 is 10.0 Å². The average molecular weight is 375 g/mol. The van der Waals surface area contributed by atoms with Gasteiger partial charge in [-0.1, -0.05) is 36.6 Å². The molecule has 0 unspecified atom stereocenters. The van der Waals surface area contributed by atoms with Crippen LogP contribution in [-0.2, 0) is 15.6 Å². The topological polar surface area (TPSA) is 85.1 Å². The van der Waals surface area contributed by atoms with Gasteiger partial charge in [-0.3, -0.25) is 0 Å². The lowest BCUT2D eigenvalue weighted by atomic mass is 9.77. The molecule has 0 bridgehead atoms. The molecule has 0 amide bonds. The highest BCUT2D eigenvalue weighted by Gasteiger charge is 2.46. The highest BCUT2D eigenvalue weighted by atomic mass is 32.2.